The highest BCUT2D eigenvalue weighted by atomic mass is 16.6. The molecular weight excluding hydrogens is 380 g/mol. The topological polar surface area (TPSA) is 87.2 Å². The number of aromatic nitrogens is 4. The molecule has 0 saturated carbocycles. The molecule has 8 heteroatoms. The van der Waals surface area contributed by atoms with Gasteiger partial charge in [-0.3, -0.25) is 4.98 Å². The first-order chi connectivity index (χ1) is 14.8. The van der Waals surface area contributed by atoms with Crippen LogP contribution in [0.2, 0.25) is 0 Å². The molecule has 5 rings (SSSR count). The van der Waals surface area contributed by atoms with E-state index in [0.717, 1.165) is 62.0 Å². The Morgan fingerprint density at radius 2 is 2.17 bits per heavy atom. The molecule has 1 N–H and O–H groups in total. The largest absolute Gasteiger partial charge is 0.449 e. The first-order valence-electron chi connectivity index (χ1n) is 10.7. The normalized spacial score (nSPS) is 21.1. The van der Waals surface area contributed by atoms with Crippen LogP contribution in [0.5, 0.6) is 0 Å². The Hall–Kier alpha value is -3.16. The molecule has 2 fully saturated rings. The van der Waals surface area contributed by atoms with Crippen molar-refractivity contribution in [2.24, 2.45) is 0 Å². The molecule has 1 amide bonds. The van der Waals surface area contributed by atoms with Gasteiger partial charge in [-0.25, -0.2) is 14.8 Å². The van der Waals surface area contributed by atoms with E-state index in [4.69, 9.17) is 4.74 Å². The van der Waals surface area contributed by atoms with Gasteiger partial charge < -0.3 is 19.5 Å². The van der Waals surface area contributed by atoms with Crippen LogP contribution in [0, 0.1) is 0 Å². The number of carbonyl (C=O) groups is 1. The van der Waals surface area contributed by atoms with Crippen molar-refractivity contribution in [3.05, 3.63) is 48.7 Å². The van der Waals surface area contributed by atoms with Crippen molar-refractivity contribution in [2.45, 2.75) is 44.2 Å². The first-order valence-corrected chi connectivity index (χ1v) is 10.7. The molecule has 0 unspecified atom stereocenters. The fraction of sp³-hybridized carbons (Fsp3) is 0.455. The number of piperidine rings is 1. The Balaban J connectivity index is 1.21. The van der Waals surface area contributed by atoms with Crippen molar-refractivity contribution in [1.29, 1.82) is 0 Å². The van der Waals surface area contributed by atoms with Crippen LogP contribution in [0.4, 0.5) is 10.6 Å². The zero-order valence-electron chi connectivity index (χ0n) is 16.9. The zero-order valence-corrected chi connectivity index (χ0v) is 16.9. The number of anilines is 1. The predicted octanol–water partition coefficient (Wildman–Crippen LogP) is 3.17. The molecule has 0 aromatic carbocycles. The van der Waals surface area contributed by atoms with E-state index in [9.17, 15) is 4.79 Å². The van der Waals surface area contributed by atoms with Gasteiger partial charge in [-0.2, -0.15) is 0 Å². The highest BCUT2D eigenvalue weighted by Crippen LogP contribution is 2.36. The summed E-state index contributed by atoms with van der Waals surface area (Å²) in [5, 5.41) is 1.04. The van der Waals surface area contributed by atoms with E-state index in [-0.39, 0.29) is 18.2 Å². The van der Waals surface area contributed by atoms with Crippen molar-refractivity contribution in [2.75, 3.05) is 24.6 Å². The highest BCUT2D eigenvalue weighted by molar-refractivity contribution is 5.87. The minimum Gasteiger partial charge on any atom is -0.449 e. The smallest absolute Gasteiger partial charge is 0.410 e. The van der Waals surface area contributed by atoms with Gasteiger partial charge in [0.15, 0.2) is 0 Å². The first kappa shape index (κ1) is 18.8. The number of likely N-dealkylation sites (tertiary alicyclic amines) is 1. The number of nitrogens with zero attached hydrogens (tertiary/aromatic N) is 5. The summed E-state index contributed by atoms with van der Waals surface area (Å²) in [7, 11) is 0. The van der Waals surface area contributed by atoms with Crippen molar-refractivity contribution in [3.8, 4) is 0 Å². The lowest BCUT2D eigenvalue weighted by molar-refractivity contribution is 0.0715. The molecule has 2 saturated heterocycles. The van der Waals surface area contributed by atoms with Crippen LogP contribution < -0.4 is 4.90 Å². The number of aryl methyl sites for hydroxylation is 1. The third-order valence-corrected chi connectivity index (χ3v) is 6.21. The summed E-state index contributed by atoms with van der Waals surface area (Å²) in [5.74, 6) is 0.959. The van der Waals surface area contributed by atoms with Gasteiger partial charge in [-0.1, -0.05) is 6.07 Å². The van der Waals surface area contributed by atoms with Crippen LogP contribution >= 0.6 is 0 Å². The minimum atomic E-state index is -0.188. The summed E-state index contributed by atoms with van der Waals surface area (Å²) in [6.45, 7) is 2.08. The molecule has 2 atom stereocenters. The Bertz CT molecular complexity index is 1010. The lowest BCUT2D eigenvalue weighted by atomic mass is 9.97. The fourth-order valence-corrected chi connectivity index (χ4v) is 4.83. The predicted molar refractivity (Wildman–Crippen MR) is 113 cm³/mol. The third-order valence-electron chi connectivity index (χ3n) is 6.21. The lowest BCUT2D eigenvalue weighted by Gasteiger charge is -2.39. The van der Waals surface area contributed by atoms with E-state index in [2.05, 4.69) is 24.8 Å². The molecular formula is C22H26N6O2. The van der Waals surface area contributed by atoms with Gasteiger partial charge in [0, 0.05) is 31.7 Å². The summed E-state index contributed by atoms with van der Waals surface area (Å²) in [6, 6.07) is 6.45. The number of ether oxygens (including phenoxy) is 1. The SMILES string of the molecule is O=C(OCCCc1cccnc1)N1CCC[C@@H]2[C@H]1CCN2c1ncnc2[nH]ccc12. The second-order valence-corrected chi connectivity index (χ2v) is 7.97. The van der Waals surface area contributed by atoms with Gasteiger partial charge in [0.1, 0.15) is 17.8 Å². The summed E-state index contributed by atoms with van der Waals surface area (Å²) >= 11 is 0. The van der Waals surface area contributed by atoms with Gasteiger partial charge in [-0.05, 0) is 49.8 Å². The van der Waals surface area contributed by atoms with Gasteiger partial charge in [0.25, 0.3) is 0 Å². The molecule has 0 spiro atoms. The van der Waals surface area contributed by atoms with Crippen molar-refractivity contribution < 1.29 is 9.53 Å². The monoisotopic (exact) mass is 406 g/mol. The Morgan fingerprint density at radius 3 is 3.07 bits per heavy atom. The maximum atomic E-state index is 12.8. The Labute approximate surface area is 175 Å². The van der Waals surface area contributed by atoms with Gasteiger partial charge >= 0.3 is 6.09 Å². The highest BCUT2D eigenvalue weighted by Gasteiger charge is 2.43. The van der Waals surface area contributed by atoms with E-state index >= 15 is 0 Å². The summed E-state index contributed by atoms with van der Waals surface area (Å²) in [5.41, 5.74) is 2.02. The number of hydrogen-bond donors (Lipinski definition) is 1. The number of hydrogen-bond acceptors (Lipinski definition) is 6. The average Bonchev–Trinajstić information content (AvgIpc) is 3.44. The van der Waals surface area contributed by atoms with E-state index in [1.54, 1.807) is 12.5 Å². The molecule has 3 aromatic rings. The average molecular weight is 406 g/mol. The Morgan fingerprint density at radius 1 is 1.20 bits per heavy atom. The number of rotatable bonds is 5. The second kappa shape index (κ2) is 8.30. The van der Waals surface area contributed by atoms with Gasteiger partial charge in [0.2, 0.25) is 0 Å². The number of carbonyl (C=O) groups excluding carboxylic acids is 1. The maximum Gasteiger partial charge on any atom is 0.410 e. The van der Waals surface area contributed by atoms with Crippen molar-refractivity contribution in [1.82, 2.24) is 24.8 Å². The van der Waals surface area contributed by atoms with Crippen molar-refractivity contribution >= 4 is 22.9 Å². The van der Waals surface area contributed by atoms with E-state index in [1.807, 2.05) is 35.5 Å². The van der Waals surface area contributed by atoms with Gasteiger partial charge in [0.05, 0.1) is 24.1 Å². The molecule has 2 aliphatic rings. The van der Waals surface area contributed by atoms with Crippen LogP contribution in [0.3, 0.4) is 0 Å². The molecule has 0 radical (unpaired) electrons. The van der Waals surface area contributed by atoms with Crippen LogP contribution in [-0.2, 0) is 11.2 Å². The molecule has 0 bridgehead atoms. The number of aromatic amines is 1. The lowest BCUT2D eigenvalue weighted by Crippen LogP contribution is -2.52. The maximum absolute atomic E-state index is 12.8. The van der Waals surface area contributed by atoms with Crippen molar-refractivity contribution in [3.63, 3.8) is 0 Å². The molecule has 156 valence electrons. The quantitative estimate of drug-likeness (QED) is 0.655. The zero-order chi connectivity index (χ0) is 20.3. The second-order valence-electron chi connectivity index (χ2n) is 7.97. The number of H-pyrrole nitrogens is 1. The minimum absolute atomic E-state index is 0.175. The molecule has 8 nitrogen and oxygen atoms in total. The summed E-state index contributed by atoms with van der Waals surface area (Å²) in [4.78, 5) is 33.2. The Kier molecular flexibility index (Phi) is 5.21. The van der Waals surface area contributed by atoms with Crippen LogP contribution in [0.15, 0.2) is 43.1 Å². The summed E-state index contributed by atoms with van der Waals surface area (Å²) < 4.78 is 5.63. The third kappa shape index (κ3) is 3.58. The molecule has 0 aliphatic carbocycles. The van der Waals surface area contributed by atoms with E-state index in [1.165, 1.54) is 5.56 Å². The van der Waals surface area contributed by atoms with Crippen LogP contribution in [-0.4, -0.2) is 62.7 Å². The number of nitrogens with one attached hydrogen (secondary N) is 1. The number of amides is 1. The fourth-order valence-electron chi connectivity index (χ4n) is 4.83. The van der Waals surface area contributed by atoms with E-state index < -0.39 is 0 Å². The van der Waals surface area contributed by atoms with Crippen LogP contribution in [0.1, 0.15) is 31.2 Å². The molecule has 3 aromatic heterocycles. The molecule has 2 aliphatic heterocycles. The van der Waals surface area contributed by atoms with Gasteiger partial charge in [-0.15, -0.1) is 0 Å². The number of pyridine rings is 1. The standard InChI is InChI=1S/C22H26N6O2/c29-22(30-13-3-5-16-4-1-9-23-14-16)28-11-2-6-18-19(28)8-12-27(18)21-17-7-10-24-20(17)25-15-26-21/h1,4,7,9-10,14-15,18-19H,2-3,5-6,8,11-13H2,(H,24,25,26)/t18-,19-/m1/s1. The number of fused-ring (bicyclic) bond motifs is 2. The molecule has 5 heterocycles. The molecule has 30 heavy (non-hydrogen) atoms. The van der Waals surface area contributed by atoms with E-state index in [0.29, 0.717) is 6.61 Å². The van der Waals surface area contributed by atoms with Crippen LogP contribution in [0.25, 0.3) is 11.0 Å². The summed E-state index contributed by atoms with van der Waals surface area (Å²) in [6.07, 6.45) is 11.6.